The van der Waals surface area contributed by atoms with Crippen LogP contribution in [0.25, 0.3) is 0 Å². The number of amides is 1. The van der Waals surface area contributed by atoms with Gasteiger partial charge in [-0.2, -0.15) is 17.5 Å². The number of methoxy groups -OCH3 is 1. The van der Waals surface area contributed by atoms with Crippen LogP contribution >= 0.6 is 0 Å². The third-order valence-corrected chi connectivity index (χ3v) is 9.29. The Bertz CT molecular complexity index is 1180. The summed E-state index contributed by atoms with van der Waals surface area (Å²) in [5.41, 5.74) is 1.97. The number of rotatable bonds is 19. The number of hydrogen-bond donors (Lipinski definition) is 3. The summed E-state index contributed by atoms with van der Waals surface area (Å²) in [5, 5.41) is 17.4. The molecule has 1 amide bonds. The van der Waals surface area contributed by atoms with Crippen LogP contribution in [0.4, 0.5) is 13.2 Å². The maximum absolute atomic E-state index is 13.4. The first-order valence-electron chi connectivity index (χ1n) is 14.4. The second-order valence-corrected chi connectivity index (χ2v) is 13.3. The molecule has 0 radical (unpaired) electrons. The second kappa shape index (κ2) is 16.6. The van der Waals surface area contributed by atoms with Crippen molar-refractivity contribution in [1.82, 2.24) is 14.9 Å². The maximum atomic E-state index is 13.4. The number of likely N-dealkylation sites (N-methyl/N-ethyl adjacent to an activating group) is 1. The molecule has 2 rings (SSSR count). The Labute approximate surface area is 253 Å². The van der Waals surface area contributed by atoms with E-state index in [-0.39, 0.29) is 37.5 Å². The molecule has 13 heteroatoms. The monoisotopic (exact) mass is 633 g/mol. The van der Waals surface area contributed by atoms with Gasteiger partial charge in [-0.25, -0.2) is 8.42 Å². The summed E-state index contributed by atoms with van der Waals surface area (Å²) >= 11 is 0. The number of ether oxygens (including phenoxy) is 2. The summed E-state index contributed by atoms with van der Waals surface area (Å²) in [5.74, 6) is -1.12. The van der Waals surface area contributed by atoms with E-state index in [2.05, 4.69) is 23.8 Å². The smallest absolute Gasteiger partial charge is 0.390 e. The molecular weight excluding hydrogens is 587 g/mol. The molecule has 1 aliphatic carbocycles. The van der Waals surface area contributed by atoms with Gasteiger partial charge < -0.3 is 25.2 Å². The Morgan fingerprint density at radius 3 is 2.51 bits per heavy atom. The van der Waals surface area contributed by atoms with Crippen LogP contribution in [-0.2, 0) is 19.6 Å². The minimum atomic E-state index is -4.66. The van der Waals surface area contributed by atoms with Gasteiger partial charge in [0.2, 0.25) is 15.9 Å². The highest BCUT2D eigenvalue weighted by atomic mass is 32.2. The van der Waals surface area contributed by atoms with Crippen molar-refractivity contribution < 1.29 is 41.0 Å². The molecule has 0 aliphatic heterocycles. The van der Waals surface area contributed by atoms with E-state index in [1.165, 1.54) is 6.08 Å². The van der Waals surface area contributed by atoms with Gasteiger partial charge >= 0.3 is 6.18 Å². The molecule has 0 aromatic heterocycles. The number of carbonyl (C=O) groups excluding carboxylic acids is 1. The summed E-state index contributed by atoms with van der Waals surface area (Å²) in [7, 11) is -1.72. The molecule has 0 heterocycles. The number of fused-ring (bicyclic) bond motifs is 1. The fraction of sp³-hybridized carbons (Fsp3) is 0.633. The summed E-state index contributed by atoms with van der Waals surface area (Å²) in [6, 6.07) is 3.53. The standard InChI is InChI=1S/C30H46F3N3O6S/c1-7-9-10-26(36(5)43(39,40)15-13-30(31,32)33)29(38)35-25(16-20(3)4)27(37)19-34-24-18-28(42-14-8-2)22-12-11-21(41-6)17-23(22)24/h7-8,11-12,17,20,24-28,34,37H,1-2,9-10,13-16,18-19H2,3-6H3,(H,35,38)/t24-,25-,26-,27+,28+/m0/s1. The highest BCUT2D eigenvalue weighted by Gasteiger charge is 2.37. The van der Waals surface area contributed by atoms with Gasteiger partial charge in [-0.1, -0.05) is 32.1 Å². The van der Waals surface area contributed by atoms with E-state index in [9.17, 15) is 31.5 Å². The highest BCUT2D eigenvalue weighted by molar-refractivity contribution is 7.89. The predicted octanol–water partition coefficient (Wildman–Crippen LogP) is 4.41. The van der Waals surface area contributed by atoms with Crippen molar-refractivity contribution in [3.63, 3.8) is 0 Å². The summed E-state index contributed by atoms with van der Waals surface area (Å²) in [6.07, 6.45) is -2.97. The lowest BCUT2D eigenvalue weighted by molar-refractivity contribution is -0.130. The van der Waals surface area contributed by atoms with Crippen LogP contribution in [-0.4, -0.2) is 81.2 Å². The number of alkyl halides is 3. The van der Waals surface area contributed by atoms with Crippen molar-refractivity contribution in [3.05, 3.63) is 54.6 Å². The van der Waals surface area contributed by atoms with Gasteiger partial charge in [-0.15, -0.1) is 13.2 Å². The number of carbonyl (C=O) groups is 1. The van der Waals surface area contributed by atoms with Crippen LogP contribution < -0.4 is 15.4 Å². The zero-order valence-electron chi connectivity index (χ0n) is 25.4. The fourth-order valence-corrected chi connectivity index (χ4v) is 6.48. The van der Waals surface area contributed by atoms with Crippen LogP contribution in [0.1, 0.15) is 69.2 Å². The van der Waals surface area contributed by atoms with Crippen LogP contribution in [0.15, 0.2) is 43.5 Å². The zero-order valence-corrected chi connectivity index (χ0v) is 26.2. The van der Waals surface area contributed by atoms with Gasteiger partial charge in [0.05, 0.1) is 44.1 Å². The molecule has 0 spiro atoms. The van der Waals surface area contributed by atoms with E-state index in [4.69, 9.17) is 9.47 Å². The molecule has 1 aliphatic rings. The number of halogens is 3. The molecule has 0 saturated heterocycles. The molecule has 1 aromatic rings. The number of hydrogen-bond acceptors (Lipinski definition) is 7. The lowest BCUT2D eigenvalue weighted by Crippen LogP contribution is -2.55. The molecule has 1 aromatic carbocycles. The molecule has 0 unspecified atom stereocenters. The third kappa shape index (κ3) is 11.2. The second-order valence-electron chi connectivity index (χ2n) is 11.2. The van der Waals surface area contributed by atoms with Crippen LogP contribution in [0.2, 0.25) is 0 Å². The molecule has 0 saturated carbocycles. The van der Waals surface area contributed by atoms with E-state index in [0.717, 1.165) is 18.2 Å². The van der Waals surface area contributed by atoms with Crippen molar-refractivity contribution >= 4 is 15.9 Å². The predicted molar refractivity (Wildman–Crippen MR) is 160 cm³/mol. The number of aliphatic hydroxyl groups excluding tert-OH is 1. The largest absolute Gasteiger partial charge is 0.497 e. The minimum Gasteiger partial charge on any atom is -0.497 e. The van der Waals surface area contributed by atoms with E-state index in [1.807, 2.05) is 32.0 Å². The Morgan fingerprint density at radius 1 is 1.23 bits per heavy atom. The van der Waals surface area contributed by atoms with Crippen LogP contribution in [0, 0.1) is 5.92 Å². The molecule has 43 heavy (non-hydrogen) atoms. The fourth-order valence-electron chi connectivity index (χ4n) is 5.12. The molecule has 0 fully saturated rings. The SMILES string of the molecule is C=CCC[C@@H](C(=O)N[C@@H](CC(C)C)[C@H](O)CN[C@H]1C[C@@H](OCC=C)c2ccc(OC)cc21)N(C)S(=O)(=O)CCC(F)(F)F. The number of sulfonamides is 1. The van der Waals surface area contributed by atoms with E-state index in [0.29, 0.717) is 29.5 Å². The van der Waals surface area contributed by atoms with E-state index >= 15 is 0 Å². The van der Waals surface area contributed by atoms with Crippen LogP contribution in [0.5, 0.6) is 5.75 Å². The number of nitrogens with one attached hydrogen (secondary N) is 2. The molecule has 0 bridgehead atoms. The number of aliphatic hydroxyl groups is 1. The lowest BCUT2D eigenvalue weighted by atomic mass is 9.97. The topological polar surface area (TPSA) is 117 Å². The van der Waals surface area contributed by atoms with Gasteiger partial charge in [-0.05, 0) is 54.9 Å². The van der Waals surface area contributed by atoms with Crippen molar-refractivity contribution in [2.45, 2.75) is 82.5 Å². The average Bonchev–Trinajstić information content (AvgIpc) is 3.29. The molecular formula is C30H46F3N3O6S. The quantitative estimate of drug-likeness (QED) is 0.193. The van der Waals surface area contributed by atoms with Gasteiger partial charge in [0.25, 0.3) is 0 Å². The molecule has 5 atom stereocenters. The van der Waals surface area contributed by atoms with Crippen molar-refractivity contribution in [2.75, 3.05) is 33.1 Å². The first kappa shape index (κ1) is 36.7. The Balaban J connectivity index is 2.19. The zero-order chi connectivity index (χ0) is 32.4. The summed E-state index contributed by atoms with van der Waals surface area (Å²) in [4.78, 5) is 13.4. The Hall–Kier alpha value is -2.45. The average molecular weight is 634 g/mol. The molecule has 3 N–H and O–H groups in total. The molecule has 244 valence electrons. The Kier molecular flexibility index (Phi) is 14.2. The highest BCUT2D eigenvalue weighted by Crippen LogP contribution is 2.42. The van der Waals surface area contributed by atoms with Crippen molar-refractivity contribution in [2.24, 2.45) is 5.92 Å². The van der Waals surface area contributed by atoms with Gasteiger partial charge in [0, 0.05) is 19.6 Å². The van der Waals surface area contributed by atoms with E-state index in [1.54, 1.807) is 13.2 Å². The molecule has 9 nitrogen and oxygen atoms in total. The number of allylic oxidation sites excluding steroid dienone is 1. The third-order valence-electron chi connectivity index (χ3n) is 7.44. The van der Waals surface area contributed by atoms with Gasteiger partial charge in [0.1, 0.15) is 11.8 Å². The van der Waals surface area contributed by atoms with E-state index < -0.39 is 52.5 Å². The first-order valence-corrected chi connectivity index (χ1v) is 16.0. The summed E-state index contributed by atoms with van der Waals surface area (Å²) < 4.78 is 75.7. The Morgan fingerprint density at radius 2 is 1.93 bits per heavy atom. The van der Waals surface area contributed by atoms with Crippen molar-refractivity contribution in [1.29, 1.82) is 0 Å². The number of nitrogens with zero attached hydrogens (tertiary/aromatic N) is 1. The maximum Gasteiger partial charge on any atom is 0.390 e. The summed E-state index contributed by atoms with van der Waals surface area (Å²) in [6.45, 7) is 11.6. The number of benzene rings is 1. The van der Waals surface area contributed by atoms with Crippen molar-refractivity contribution in [3.8, 4) is 5.75 Å². The van der Waals surface area contributed by atoms with Gasteiger partial charge in [0.15, 0.2) is 0 Å². The first-order chi connectivity index (χ1) is 20.1. The minimum absolute atomic E-state index is 0.0204. The van der Waals surface area contributed by atoms with Crippen LogP contribution in [0.3, 0.4) is 0 Å². The normalized spacial score (nSPS) is 19.1. The van der Waals surface area contributed by atoms with Gasteiger partial charge in [-0.3, -0.25) is 4.79 Å². The lowest BCUT2D eigenvalue weighted by Gasteiger charge is -2.31.